The average Bonchev–Trinajstić information content (AvgIpc) is 2.42. The van der Waals surface area contributed by atoms with Gasteiger partial charge >= 0.3 is 0 Å². The van der Waals surface area contributed by atoms with Gasteiger partial charge in [0.15, 0.2) is 0 Å². The van der Waals surface area contributed by atoms with Crippen LogP contribution in [0.5, 0.6) is 0 Å². The molecule has 0 aliphatic rings. The fraction of sp³-hybridized carbons (Fsp3) is 0.571. The predicted molar refractivity (Wildman–Crippen MR) is 83.2 cm³/mol. The third kappa shape index (κ3) is 4.77. The SMILES string of the molecule is CCN(CC)CCCNS(=O)(=O)c1ccc(N)c(C)c1. The lowest BCUT2D eigenvalue weighted by Crippen LogP contribution is -2.30. The third-order valence-electron chi connectivity index (χ3n) is 3.39. The number of nitrogens with zero attached hydrogens (tertiary/aromatic N) is 1. The highest BCUT2D eigenvalue weighted by atomic mass is 32.2. The van der Waals surface area contributed by atoms with E-state index in [0.717, 1.165) is 31.6 Å². The molecule has 0 aliphatic carbocycles. The van der Waals surface area contributed by atoms with E-state index in [4.69, 9.17) is 5.73 Å². The van der Waals surface area contributed by atoms with Crippen molar-refractivity contribution in [1.82, 2.24) is 9.62 Å². The molecule has 5 nitrogen and oxygen atoms in total. The van der Waals surface area contributed by atoms with Crippen molar-refractivity contribution in [1.29, 1.82) is 0 Å². The zero-order valence-corrected chi connectivity index (χ0v) is 13.3. The minimum Gasteiger partial charge on any atom is -0.399 e. The van der Waals surface area contributed by atoms with Gasteiger partial charge in [0, 0.05) is 12.2 Å². The van der Waals surface area contributed by atoms with Gasteiger partial charge < -0.3 is 10.6 Å². The number of hydrogen-bond acceptors (Lipinski definition) is 4. The molecular weight excluding hydrogens is 274 g/mol. The second-order valence-electron chi connectivity index (χ2n) is 4.80. The Hall–Kier alpha value is -1.11. The molecule has 0 radical (unpaired) electrons. The Morgan fingerprint density at radius 3 is 2.45 bits per heavy atom. The highest BCUT2D eigenvalue weighted by Gasteiger charge is 2.14. The normalized spacial score (nSPS) is 12.0. The second kappa shape index (κ2) is 7.61. The van der Waals surface area contributed by atoms with Crippen molar-refractivity contribution in [3.05, 3.63) is 23.8 Å². The number of nitrogens with two attached hydrogens (primary N) is 1. The van der Waals surface area contributed by atoms with E-state index in [9.17, 15) is 8.42 Å². The lowest BCUT2D eigenvalue weighted by atomic mass is 10.2. The fourth-order valence-electron chi connectivity index (χ4n) is 1.95. The molecule has 20 heavy (non-hydrogen) atoms. The maximum Gasteiger partial charge on any atom is 0.240 e. The van der Waals surface area contributed by atoms with E-state index in [1.165, 1.54) is 6.07 Å². The van der Waals surface area contributed by atoms with E-state index in [1.807, 2.05) is 0 Å². The number of anilines is 1. The Bertz CT molecular complexity index is 525. The molecule has 0 saturated heterocycles. The zero-order valence-electron chi connectivity index (χ0n) is 12.5. The summed E-state index contributed by atoms with van der Waals surface area (Å²) in [5.74, 6) is 0. The molecule has 0 aliphatic heterocycles. The molecule has 0 fully saturated rings. The molecule has 0 unspecified atom stereocenters. The molecule has 0 spiro atoms. The third-order valence-corrected chi connectivity index (χ3v) is 4.85. The van der Waals surface area contributed by atoms with Crippen molar-refractivity contribution in [2.75, 3.05) is 31.9 Å². The predicted octanol–water partition coefficient (Wildman–Crippen LogP) is 1.59. The number of rotatable bonds is 8. The minimum absolute atomic E-state index is 0.270. The zero-order chi connectivity index (χ0) is 15.2. The van der Waals surface area contributed by atoms with Gasteiger partial charge in [0.25, 0.3) is 0 Å². The van der Waals surface area contributed by atoms with Gasteiger partial charge in [-0.1, -0.05) is 13.8 Å². The first-order chi connectivity index (χ1) is 9.40. The molecule has 1 rings (SSSR count). The van der Waals surface area contributed by atoms with Crippen LogP contribution >= 0.6 is 0 Å². The van der Waals surface area contributed by atoms with Gasteiger partial charge in [0.2, 0.25) is 10.0 Å². The molecule has 0 atom stereocenters. The summed E-state index contributed by atoms with van der Waals surface area (Å²) in [6.07, 6.45) is 0.800. The molecule has 6 heteroatoms. The van der Waals surface area contributed by atoms with Crippen LogP contribution < -0.4 is 10.5 Å². The molecule has 0 aromatic heterocycles. The first kappa shape index (κ1) is 16.9. The van der Waals surface area contributed by atoms with Crippen LogP contribution in [0.25, 0.3) is 0 Å². The number of nitrogen functional groups attached to an aromatic ring is 1. The molecule has 3 N–H and O–H groups in total. The summed E-state index contributed by atoms with van der Waals surface area (Å²) in [6, 6.07) is 4.76. The summed E-state index contributed by atoms with van der Waals surface area (Å²) >= 11 is 0. The second-order valence-corrected chi connectivity index (χ2v) is 6.56. The highest BCUT2D eigenvalue weighted by Crippen LogP contribution is 2.16. The minimum atomic E-state index is -3.44. The van der Waals surface area contributed by atoms with Crippen molar-refractivity contribution in [2.45, 2.75) is 32.1 Å². The number of benzene rings is 1. The number of sulfonamides is 1. The van der Waals surface area contributed by atoms with Crippen LogP contribution in [0.4, 0.5) is 5.69 Å². The molecule has 114 valence electrons. The molecular formula is C14H25N3O2S. The molecule has 1 aromatic carbocycles. The Labute approximate surface area is 122 Å². The Kier molecular flexibility index (Phi) is 6.45. The van der Waals surface area contributed by atoms with Gasteiger partial charge in [0.05, 0.1) is 4.90 Å². The maximum atomic E-state index is 12.1. The van der Waals surface area contributed by atoms with Crippen molar-refractivity contribution < 1.29 is 8.42 Å². The van der Waals surface area contributed by atoms with Crippen molar-refractivity contribution >= 4 is 15.7 Å². The number of nitrogens with one attached hydrogen (secondary N) is 1. The van der Waals surface area contributed by atoms with Crippen molar-refractivity contribution in [3.8, 4) is 0 Å². The van der Waals surface area contributed by atoms with E-state index >= 15 is 0 Å². The molecule has 0 bridgehead atoms. The maximum absolute atomic E-state index is 12.1. The summed E-state index contributed by atoms with van der Waals surface area (Å²) in [7, 11) is -3.44. The van der Waals surface area contributed by atoms with Crippen LogP contribution in [0, 0.1) is 6.92 Å². The van der Waals surface area contributed by atoms with Crippen molar-refractivity contribution in [3.63, 3.8) is 0 Å². The summed E-state index contributed by atoms with van der Waals surface area (Å²) < 4.78 is 26.9. The first-order valence-electron chi connectivity index (χ1n) is 6.98. The summed E-state index contributed by atoms with van der Waals surface area (Å²) in [4.78, 5) is 2.54. The Morgan fingerprint density at radius 1 is 1.25 bits per heavy atom. The number of aryl methyl sites for hydroxylation is 1. The van der Waals surface area contributed by atoms with Gasteiger partial charge in [-0.15, -0.1) is 0 Å². The van der Waals surface area contributed by atoms with E-state index in [2.05, 4.69) is 23.5 Å². The van der Waals surface area contributed by atoms with Gasteiger partial charge in [-0.25, -0.2) is 13.1 Å². The van der Waals surface area contributed by atoms with Gasteiger partial charge in [-0.3, -0.25) is 0 Å². The van der Waals surface area contributed by atoms with E-state index in [-0.39, 0.29) is 4.90 Å². The molecule has 0 heterocycles. The van der Waals surface area contributed by atoms with E-state index in [1.54, 1.807) is 19.1 Å². The van der Waals surface area contributed by atoms with E-state index < -0.39 is 10.0 Å². The quantitative estimate of drug-likeness (QED) is 0.564. The van der Waals surface area contributed by atoms with Crippen LogP contribution in [0.15, 0.2) is 23.1 Å². The van der Waals surface area contributed by atoms with Gasteiger partial charge in [-0.05, 0) is 56.7 Å². The first-order valence-corrected chi connectivity index (χ1v) is 8.47. The van der Waals surface area contributed by atoms with Gasteiger partial charge in [-0.2, -0.15) is 0 Å². The monoisotopic (exact) mass is 299 g/mol. The molecule has 0 amide bonds. The standard InChI is InChI=1S/C14H25N3O2S/c1-4-17(5-2)10-6-9-16-20(18,19)13-7-8-14(15)12(3)11-13/h7-8,11,16H,4-6,9-10,15H2,1-3H3. The molecule has 1 aromatic rings. The Balaban J connectivity index is 2.55. The van der Waals surface area contributed by atoms with E-state index in [0.29, 0.717) is 12.2 Å². The van der Waals surface area contributed by atoms with Crippen LogP contribution in [0.3, 0.4) is 0 Å². The van der Waals surface area contributed by atoms with Gasteiger partial charge in [0.1, 0.15) is 0 Å². The van der Waals surface area contributed by atoms with Crippen LogP contribution in [0.2, 0.25) is 0 Å². The lowest BCUT2D eigenvalue weighted by molar-refractivity contribution is 0.300. The van der Waals surface area contributed by atoms with Crippen LogP contribution in [0.1, 0.15) is 25.8 Å². The van der Waals surface area contributed by atoms with Crippen LogP contribution in [-0.2, 0) is 10.0 Å². The topological polar surface area (TPSA) is 75.4 Å². The summed E-state index contributed by atoms with van der Waals surface area (Å²) in [5, 5.41) is 0. The average molecular weight is 299 g/mol. The fourth-order valence-corrected chi connectivity index (χ4v) is 3.11. The highest BCUT2D eigenvalue weighted by molar-refractivity contribution is 7.89. The number of hydrogen-bond donors (Lipinski definition) is 2. The van der Waals surface area contributed by atoms with Crippen molar-refractivity contribution in [2.24, 2.45) is 0 Å². The molecule has 0 saturated carbocycles. The summed E-state index contributed by atoms with van der Waals surface area (Å²) in [6.45, 7) is 9.32. The Morgan fingerprint density at radius 2 is 1.90 bits per heavy atom. The largest absolute Gasteiger partial charge is 0.399 e. The lowest BCUT2D eigenvalue weighted by Gasteiger charge is -2.17. The van der Waals surface area contributed by atoms with Crippen LogP contribution in [-0.4, -0.2) is 39.5 Å². The summed E-state index contributed by atoms with van der Waals surface area (Å²) in [5.41, 5.74) is 7.07. The smallest absolute Gasteiger partial charge is 0.240 e.